The Bertz CT molecular complexity index is 395. The summed E-state index contributed by atoms with van der Waals surface area (Å²) in [5, 5.41) is 0. The quantitative estimate of drug-likeness (QED) is 0.621. The molecule has 0 aliphatic rings. The summed E-state index contributed by atoms with van der Waals surface area (Å²) in [5.74, 6) is 0.213. The number of hydrogen-bond acceptors (Lipinski definition) is 1. The van der Waals surface area contributed by atoms with Gasteiger partial charge in [0, 0.05) is 4.47 Å². The van der Waals surface area contributed by atoms with Crippen molar-refractivity contribution in [1.29, 1.82) is 0 Å². The van der Waals surface area contributed by atoms with E-state index in [9.17, 15) is 13.2 Å². The Morgan fingerprint density at radius 3 is 2.47 bits per heavy atom. The highest BCUT2D eigenvalue weighted by Crippen LogP contribution is 2.36. The number of nitrogens with zero attached hydrogens (tertiary/aromatic N) is 1. The molecule has 0 fully saturated rings. The minimum atomic E-state index is -4.40. The van der Waals surface area contributed by atoms with Gasteiger partial charge in [-0.05, 0) is 25.1 Å². The first-order valence-electron chi connectivity index (χ1n) is 3.98. The van der Waals surface area contributed by atoms with Crippen LogP contribution in [0.25, 0.3) is 0 Å². The molecule has 2 N–H and O–H groups in total. The molecule has 15 heavy (non-hydrogen) atoms. The Labute approximate surface area is 93.1 Å². The highest BCUT2D eigenvalue weighted by Gasteiger charge is 2.33. The second kappa shape index (κ2) is 4.22. The summed E-state index contributed by atoms with van der Waals surface area (Å²) in [6, 6.07) is 3.70. The monoisotopic (exact) mass is 280 g/mol. The predicted molar refractivity (Wildman–Crippen MR) is 56.1 cm³/mol. The molecule has 1 aromatic rings. The SMILES string of the molecule is CC(N)=Nc1ccc(Br)c(C(F)(F)F)c1. The van der Waals surface area contributed by atoms with Crippen LogP contribution in [0.5, 0.6) is 0 Å². The van der Waals surface area contributed by atoms with Gasteiger partial charge in [-0.1, -0.05) is 15.9 Å². The topological polar surface area (TPSA) is 38.4 Å². The van der Waals surface area contributed by atoms with E-state index in [0.717, 1.165) is 6.07 Å². The lowest BCUT2D eigenvalue weighted by atomic mass is 10.2. The molecule has 0 aliphatic heterocycles. The second-order valence-corrected chi connectivity index (χ2v) is 3.77. The van der Waals surface area contributed by atoms with Crippen molar-refractivity contribution in [2.75, 3.05) is 0 Å². The summed E-state index contributed by atoms with van der Waals surface area (Å²) < 4.78 is 37.4. The number of aliphatic imine (C=N–C) groups is 1. The average molecular weight is 281 g/mol. The largest absolute Gasteiger partial charge is 0.417 e. The van der Waals surface area contributed by atoms with Crippen LogP contribution in [-0.2, 0) is 6.18 Å². The second-order valence-electron chi connectivity index (χ2n) is 2.92. The lowest BCUT2D eigenvalue weighted by molar-refractivity contribution is -0.138. The zero-order chi connectivity index (χ0) is 11.6. The maximum atomic E-state index is 12.5. The van der Waals surface area contributed by atoms with E-state index in [2.05, 4.69) is 20.9 Å². The summed E-state index contributed by atoms with van der Waals surface area (Å²) in [6.45, 7) is 1.51. The van der Waals surface area contributed by atoms with Gasteiger partial charge < -0.3 is 5.73 Å². The first-order valence-corrected chi connectivity index (χ1v) is 4.77. The molecule has 0 spiro atoms. The average Bonchev–Trinajstić information content (AvgIpc) is 2.05. The standard InChI is InChI=1S/C9H8BrF3N2/c1-5(14)15-6-2-3-8(10)7(4-6)9(11,12)13/h2-4H,1H3,(H2,14,15). The van der Waals surface area contributed by atoms with E-state index >= 15 is 0 Å². The number of halogens is 4. The van der Waals surface area contributed by atoms with Crippen LogP contribution >= 0.6 is 15.9 Å². The molecule has 1 aromatic carbocycles. The normalized spacial score (nSPS) is 13.0. The van der Waals surface area contributed by atoms with Crippen LogP contribution in [0, 0.1) is 0 Å². The van der Waals surface area contributed by atoms with Crippen LogP contribution in [0.3, 0.4) is 0 Å². The van der Waals surface area contributed by atoms with E-state index in [1.54, 1.807) is 0 Å². The van der Waals surface area contributed by atoms with Gasteiger partial charge in [0.05, 0.1) is 17.1 Å². The van der Waals surface area contributed by atoms with Crippen LogP contribution in [0.15, 0.2) is 27.7 Å². The lowest BCUT2D eigenvalue weighted by Crippen LogP contribution is -2.06. The van der Waals surface area contributed by atoms with Crippen molar-refractivity contribution in [3.63, 3.8) is 0 Å². The van der Waals surface area contributed by atoms with E-state index in [1.807, 2.05) is 0 Å². The van der Waals surface area contributed by atoms with Crippen molar-refractivity contribution in [2.24, 2.45) is 10.7 Å². The molecule has 1 rings (SSSR count). The first kappa shape index (κ1) is 12.0. The van der Waals surface area contributed by atoms with Crippen molar-refractivity contribution in [3.8, 4) is 0 Å². The van der Waals surface area contributed by atoms with Gasteiger partial charge in [-0.3, -0.25) is 0 Å². The maximum Gasteiger partial charge on any atom is 0.417 e. The van der Waals surface area contributed by atoms with Crippen molar-refractivity contribution >= 4 is 27.5 Å². The Balaban J connectivity index is 3.23. The number of benzene rings is 1. The summed E-state index contributed by atoms with van der Waals surface area (Å²) in [6.07, 6.45) is -4.40. The summed E-state index contributed by atoms with van der Waals surface area (Å²) in [4.78, 5) is 3.75. The molecule has 0 atom stereocenters. The molecule has 0 saturated heterocycles. The molecule has 0 aliphatic carbocycles. The van der Waals surface area contributed by atoms with E-state index in [-0.39, 0.29) is 16.0 Å². The molecule has 82 valence electrons. The number of rotatable bonds is 1. The third-order valence-electron chi connectivity index (χ3n) is 1.56. The summed E-state index contributed by atoms with van der Waals surface area (Å²) >= 11 is 2.83. The zero-order valence-electron chi connectivity index (χ0n) is 7.77. The predicted octanol–water partition coefficient (Wildman–Crippen LogP) is 3.48. The smallest absolute Gasteiger partial charge is 0.387 e. The Kier molecular flexibility index (Phi) is 3.38. The van der Waals surface area contributed by atoms with Crippen molar-refractivity contribution < 1.29 is 13.2 Å². The fourth-order valence-corrected chi connectivity index (χ4v) is 1.48. The minimum Gasteiger partial charge on any atom is -0.387 e. The molecule has 6 heteroatoms. The molecule has 0 amide bonds. The van der Waals surface area contributed by atoms with Gasteiger partial charge in [-0.2, -0.15) is 13.2 Å². The van der Waals surface area contributed by atoms with Gasteiger partial charge in [0.2, 0.25) is 0 Å². The molecule has 0 radical (unpaired) electrons. The third kappa shape index (κ3) is 3.23. The van der Waals surface area contributed by atoms with Crippen LogP contribution < -0.4 is 5.73 Å². The van der Waals surface area contributed by atoms with Crippen molar-refractivity contribution in [1.82, 2.24) is 0 Å². The Hall–Kier alpha value is -1.04. The number of alkyl halides is 3. The fourth-order valence-electron chi connectivity index (χ4n) is 1.00. The molecule has 0 bridgehead atoms. The number of nitrogens with two attached hydrogens (primary N) is 1. The van der Waals surface area contributed by atoms with Crippen molar-refractivity contribution in [3.05, 3.63) is 28.2 Å². The van der Waals surface area contributed by atoms with Crippen LogP contribution in [0.1, 0.15) is 12.5 Å². The number of amidine groups is 1. The van der Waals surface area contributed by atoms with Gasteiger partial charge in [0.15, 0.2) is 0 Å². The molecule has 0 saturated carbocycles. The highest BCUT2D eigenvalue weighted by molar-refractivity contribution is 9.10. The van der Waals surface area contributed by atoms with Crippen LogP contribution in [0.4, 0.5) is 18.9 Å². The van der Waals surface area contributed by atoms with Gasteiger partial charge in [-0.25, -0.2) is 4.99 Å². The van der Waals surface area contributed by atoms with Gasteiger partial charge in [0.1, 0.15) is 0 Å². The van der Waals surface area contributed by atoms with Gasteiger partial charge >= 0.3 is 6.18 Å². The molecule has 2 nitrogen and oxygen atoms in total. The highest BCUT2D eigenvalue weighted by atomic mass is 79.9. The fraction of sp³-hybridized carbons (Fsp3) is 0.222. The first-order chi connectivity index (χ1) is 6.80. The van der Waals surface area contributed by atoms with Crippen LogP contribution in [0.2, 0.25) is 0 Å². The van der Waals surface area contributed by atoms with Crippen LogP contribution in [-0.4, -0.2) is 5.84 Å². The van der Waals surface area contributed by atoms with E-state index in [0.29, 0.717) is 0 Å². The molecular formula is C9H8BrF3N2. The maximum absolute atomic E-state index is 12.5. The third-order valence-corrected chi connectivity index (χ3v) is 2.25. The lowest BCUT2D eigenvalue weighted by Gasteiger charge is -2.09. The summed E-state index contributed by atoms with van der Waals surface area (Å²) in [7, 11) is 0. The van der Waals surface area contributed by atoms with Gasteiger partial charge in [0.25, 0.3) is 0 Å². The molecular weight excluding hydrogens is 273 g/mol. The number of hydrogen-bond donors (Lipinski definition) is 1. The Morgan fingerprint density at radius 1 is 1.40 bits per heavy atom. The minimum absolute atomic E-state index is 0.0105. The molecule has 0 heterocycles. The summed E-state index contributed by atoms with van der Waals surface area (Å²) in [5.41, 5.74) is 4.71. The van der Waals surface area contributed by atoms with E-state index < -0.39 is 11.7 Å². The molecule has 0 unspecified atom stereocenters. The van der Waals surface area contributed by atoms with Crippen molar-refractivity contribution in [2.45, 2.75) is 13.1 Å². The van der Waals surface area contributed by atoms with E-state index in [1.165, 1.54) is 19.1 Å². The van der Waals surface area contributed by atoms with E-state index in [4.69, 9.17) is 5.73 Å². The van der Waals surface area contributed by atoms with Gasteiger partial charge in [-0.15, -0.1) is 0 Å². The Morgan fingerprint density at radius 2 is 2.00 bits per heavy atom. The zero-order valence-corrected chi connectivity index (χ0v) is 9.35. The molecule has 0 aromatic heterocycles.